The van der Waals surface area contributed by atoms with E-state index in [2.05, 4.69) is 37.6 Å². The highest BCUT2D eigenvalue weighted by atomic mass is 16.3. The van der Waals surface area contributed by atoms with Gasteiger partial charge in [-0.1, -0.05) is 27.4 Å². The molecule has 0 fully saturated rings. The van der Waals surface area contributed by atoms with Crippen molar-refractivity contribution in [1.82, 2.24) is 10.2 Å². The molecule has 1 N–H and O–H groups in total. The molecule has 0 unspecified atom stereocenters. The van der Waals surface area contributed by atoms with Crippen LogP contribution in [0.15, 0.2) is 35.0 Å². The fourth-order valence-corrected chi connectivity index (χ4v) is 1.62. The van der Waals surface area contributed by atoms with Crippen LogP contribution >= 0.6 is 0 Å². The first-order valence-corrected chi connectivity index (χ1v) is 6.26. The molecule has 1 rings (SSSR count). The van der Waals surface area contributed by atoms with E-state index in [9.17, 15) is 0 Å². The number of hydrogen-bond acceptors (Lipinski definition) is 3. The summed E-state index contributed by atoms with van der Waals surface area (Å²) in [6.45, 7) is 14.2. The molecule has 0 aliphatic heterocycles. The number of rotatable bonds is 8. The van der Waals surface area contributed by atoms with E-state index < -0.39 is 0 Å². The van der Waals surface area contributed by atoms with Crippen LogP contribution in [0, 0.1) is 0 Å². The third-order valence-corrected chi connectivity index (χ3v) is 2.61. The lowest BCUT2D eigenvalue weighted by molar-refractivity contribution is 0.274. The molecule has 0 aliphatic rings. The molecule has 0 atom stereocenters. The quantitative estimate of drug-likeness (QED) is 0.703. The predicted molar refractivity (Wildman–Crippen MR) is 71.9 cm³/mol. The molecule has 0 saturated heterocycles. The van der Waals surface area contributed by atoms with Crippen molar-refractivity contribution in [3.05, 3.63) is 36.3 Å². The van der Waals surface area contributed by atoms with Gasteiger partial charge in [0.2, 0.25) is 0 Å². The lowest BCUT2D eigenvalue weighted by Gasteiger charge is -2.21. The van der Waals surface area contributed by atoms with E-state index >= 15 is 0 Å². The molecule has 0 aromatic carbocycles. The maximum absolute atomic E-state index is 5.36. The van der Waals surface area contributed by atoms with Gasteiger partial charge >= 0.3 is 0 Å². The summed E-state index contributed by atoms with van der Waals surface area (Å²) in [4.78, 5) is 2.32. The minimum absolute atomic E-state index is 0.506. The first kappa shape index (κ1) is 14.0. The van der Waals surface area contributed by atoms with Gasteiger partial charge in [-0.05, 0) is 24.3 Å². The van der Waals surface area contributed by atoms with Gasteiger partial charge in [0, 0.05) is 19.1 Å². The molecule has 1 aromatic heterocycles. The van der Waals surface area contributed by atoms with Crippen molar-refractivity contribution in [2.24, 2.45) is 0 Å². The van der Waals surface area contributed by atoms with E-state index in [1.54, 1.807) is 6.26 Å². The van der Waals surface area contributed by atoms with Crippen molar-refractivity contribution in [2.75, 3.05) is 19.6 Å². The second-order valence-electron chi connectivity index (χ2n) is 4.67. The Labute approximate surface area is 104 Å². The molecule has 0 aliphatic carbocycles. The molecule has 0 bridgehead atoms. The molecule has 0 amide bonds. The van der Waals surface area contributed by atoms with E-state index in [-0.39, 0.29) is 0 Å². The van der Waals surface area contributed by atoms with Crippen LogP contribution in [0.4, 0.5) is 0 Å². The topological polar surface area (TPSA) is 28.4 Å². The number of nitrogens with zero attached hydrogens (tertiary/aromatic N) is 1. The first-order chi connectivity index (χ1) is 8.11. The number of furan rings is 1. The molecule has 96 valence electrons. The van der Waals surface area contributed by atoms with Crippen LogP contribution < -0.4 is 5.32 Å². The molecular formula is C14H24N2O. The number of nitrogens with one attached hydrogen (secondary N) is 1. The normalized spacial score (nSPS) is 11.4. The van der Waals surface area contributed by atoms with Crippen LogP contribution in [-0.2, 0) is 6.54 Å². The van der Waals surface area contributed by atoms with Crippen molar-refractivity contribution in [3.63, 3.8) is 0 Å². The summed E-state index contributed by atoms with van der Waals surface area (Å²) in [5.41, 5.74) is 1.21. The maximum atomic E-state index is 5.36. The van der Waals surface area contributed by atoms with Crippen LogP contribution in [-0.4, -0.2) is 30.6 Å². The second kappa shape index (κ2) is 7.30. The van der Waals surface area contributed by atoms with Gasteiger partial charge in [-0.15, -0.1) is 0 Å². The van der Waals surface area contributed by atoms with Gasteiger partial charge < -0.3 is 9.73 Å². The molecule has 1 aromatic rings. The second-order valence-corrected chi connectivity index (χ2v) is 4.67. The molecule has 0 saturated carbocycles. The molecule has 3 nitrogen and oxygen atoms in total. The highest BCUT2D eigenvalue weighted by Crippen LogP contribution is 2.06. The van der Waals surface area contributed by atoms with Crippen LogP contribution in [0.5, 0.6) is 0 Å². The van der Waals surface area contributed by atoms with Crippen LogP contribution in [0.2, 0.25) is 0 Å². The smallest absolute Gasteiger partial charge is 0.117 e. The fourth-order valence-electron chi connectivity index (χ4n) is 1.62. The standard InChI is InChI=1S/C14H24N2O/c1-5-16(11-14-7-6-8-17-14)10-13(4)9-15-12(2)3/h6-8,12,15H,4-5,9-11H2,1-3H3. The van der Waals surface area contributed by atoms with Gasteiger partial charge in [-0.3, -0.25) is 4.90 Å². The average molecular weight is 236 g/mol. The van der Waals surface area contributed by atoms with E-state index in [0.717, 1.165) is 31.9 Å². The zero-order chi connectivity index (χ0) is 12.7. The van der Waals surface area contributed by atoms with Crippen molar-refractivity contribution in [1.29, 1.82) is 0 Å². The van der Waals surface area contributed by atoms with Crippen LogP contribution in [0.25, 0.3) is 0 Å². The van der Waals surface area contributed by atoms with Crippen molar-refractivity contribution < 1.29 is 4.42 Å². The summed E-state index contributed by atoms with van der Waals surface area (Å²) in [5.74, 6) is 1.01. The first-order valence-electron chi connectivity index (χ1n) is 6.26. The SMILES string of the molecule is C=C(CNC(C)C)CN(CC)Cc1ccco1. The molecule has 0 spiro atoms. The monoisotopic (exact) mass is 236 g/mol. The third-order valence-electron chi connectivity index (χ3n) is 2.61. The molecule has 3 heteroatoms. The Balaban J connectivity index is 2.33. The Morgan fingerprint density at radius 2 is 2.29 bits per heavy atom. The molecule has 0 radical (unpaired) electrons. The minimum atomic E-state index is 0.506. The summed E-state index contributed by atoms with van der Waals surface area (Å²) >= 11 is 0. The van der Waals surface area contributed by atoms with Crippen molar-refractivity contribution in [3.8, 4) is 0 Å². The summed E-state index contributed by atoms with van der Waals surface area (Å²) < 4.78 is 5.36. The Hall–Kier alpha value is -1.06. The zero-order valence-electron chi connectivity index (χ0n) is 11.2. The van der Waals surface area contributed by atoms with Gasteiger partial charge in [0.1, 0.15) is 5.76 Å². The third kappa shape index (κ3) is 5.71. The Morgan fingerprint density at radius 3 is 2.82 bits per heavy atom. The summed E-state index contributed by atoms with van der Waals surface area (Å²) in [6.07, 6.45) is 1.72. The Kier molecular flexibility index (Phi) is 6.01. The van der Waals surface area contributed by atoms with Gasteiger partial charge in [-0.25, -0.2) is 0 Å². The Morgan fingerprint density at radius 1 is 1.53 bits per heavy atom. The van der Waals surface area contributed by atoms with Crippen LogP contribution in [0.1, 0.15) is 26.5 Å². The van der Waals surface area contributed by atoms with Gasteiger partial charge in [0.25, 0.3) is 0 Å². The predicted octanol–water partition coefficient (Wildman–Crippen LogP) is 2.66. The molecule has 17 heavy (non-hydrogen) atoms. The summed E-state index contributed by atoms with van der Waals surface area (Å²) in [5, 5.41) is 3.38. The average Bonchev–Trinajstić information content (AvgIpc) is 2.78. The summed E-state index contributed by atoms with van der Waals surface area (Å²) in [6, 6.07) is 4.45. The summed E-state index contributed by atoms with van der Waals surface area (Å²) in [7, 11) is 0. The molecular weight excluding hydrogens is 212 g/mol. The maximum Gasteiger partial charge on any atom is 0.117 e. The van der Waals surface area contributed by atoms with E-state index in [0.29, 0.717) is 6.04 Å². The minimum Gasteiger partial charge on any atom is -0.468 e. The Bertz CT molecular complexity index is 317. The van der Waals surface area contributed by atoms with E-state index in [1.807, 2.05) is 12.1 Å². The highest BCUT2D eigenvalue weighted by molar-refractivity contribution is 5.03. The lowest BCUT2D eigenvalue weighted by Crippen LogP contribution is -2.31. The van der Waals surface area contributed by atoms with Gasteiger partial charge in [0.15, 0.2) is 0 Å². The van der Waals surface area contributed by atoms with Gasteiger partial charge in [-0.2, -0.15) is 0 Å². The lowest BCUT2D eigenvalue weighted by atomic mass is 10.2. The van der Waals surface area contributed by atoms with Crippen LogP contribution in [0.3, 0.4) is 0 Å². The molecule has 1 heterocycles. The van der Waals surface area contributed by atoms with E-state index in [1.165, 1.54) is 5.57 Å². The fraction of sp³-hybridized carbons (Fsp3) is 0.571. The van der Waals surface area contributed by atoms with Crippen molar-refractivity contribution >= 4 is 0 Å². The number of hydrogen-bond donors (Lipinski definition) is 1. The van der Waals surface area contributed by atoms with Crippen molar-refractivity contribution in [2.45, 2.75) is 33.4 Å². The van der Waals surface area contributed by atoms with Gasteiger partial charge in [0.05, 0.1) is 12.8 Å². The zero-order valence-corrected chi connectivity index (χ0v) is 11.2. The highest BCUT2D eigenvalue weighted by Gasteiger charge is 2.07. The largest absolute Gasteiger partial charge is 0.468 e. The number of likely N-dealkylation sites (N-methyl/N-ethyl adjacent to an activating group) is 1. The van der Waals surface area contributed by atoms with E-state index in [4.69, 9.17) is 4.42 Å².